The summed E-state index contributed by atoms with van der Waals surface area (Å²) in [7, 11) is 0. The number of anilines is 1. The van der Waals surface area contributed by atoms with Crippen molar-refractivity contribution < 1.29 is 18.7 Å². The third-order valence-corrected chi connectivity index (χ3v) is 6.10. The van der Waals surface area contributed by atoms with Gasteiger partial charge in [0.15, 0.2) is 6.61 Å². The van der Waals surface area contributed by atoms with E-state index in [1.165, 1.54) is 11.3 Å². The zero-order valence-corrected chi connectivity index (χ0v) is 18.2. The number of thiophene rings is 1. The average molecular weight is 426 g/mol. The smallest absolute Gasteiger partial charge is 0.348 e. The molecule has 1 N–H and O–H groups in total. The lowest BCUT2D eigenvalue weighted by molar-refractivity contribution is -0.119. The molecule has 0 radical (unpaired) electrons. The minimum Gasteiger partial charge on any atom is -0.467 e. The molecule has 156 valence electrons. The highest BCUT2D eigenvalue weighted by Crippen LogP contribution is 2.27. The van der Waals surface area contributed by atoms with Gasteiger partial charge < -0.3 is 19.0 Å². The predicted molar refractivity (Wildman–Crippen MR) is 114 cm³/mol. The maximum absolute atomic E-state index is 12.5. The fourth-order valence-electron chi connectivity index (χ4n) is 3.23. The van der Waals surface area contributed by atoms with Crippen molar-refractivity contribution in [1.29, 1.82) is 5.26 Å². The van der Waals surface area contributed by atoms with Crippen LogP contribution in [0.4, 0.5) is 5.82 Å². The molecule has 0 fully saturated rings. The lowest BCUT2D eigenvalue weighted by atomic mass is 10.2. The second-order valence-corrected chi connectivity index (χ2v) is 8.14. The first kappa shape index (κ1) is 21.4. The summed E-state index contributed by atoms with van der Waals surface area (Å²) in [6, 6.07) is 7.54. The minimum absolute atomic E-state index is 0.366. The fraction of sp³-hybridized carbons (Fsp3) is 0.318. The van der Waals surface area contributed by atoms with Crippen molar-refractivity contribution in [3.63, 3.8) is 0 Å². The number of esters is 1. The Morgan fingerprint density at radius 3 is 2.70 bits per heavy atom. The van der Waals surface area contributed by atoms with E-state index in [1.54, 1.807) is 18.4 Å². The molecular weight excluding hydrogens is 402 g/mol. The van der Waals surface area contributed by atoms with Crippen molar-refractivity contribution in [3.8, 4) is 6.07 Å². The summed E-state index contributed by atoms with van der Waals surface area (Å²) in [5.41, 5.74) is 3.09. The molecule has 0 bridgehead atoms. The molecule has 0 unspecified atom stereocenters. The molecule has 3 heterocycles. The number of ether oxygens (including phenoxy) is 1. The molecule has 30 heavy (non-hydrogen) atoms. The molecule has 3 aromatic rings. The van der Waals surface area contributed by atoms with Crippen LogP contribution in [-0.4, -0.2) is 23.1 Å². The zero-order valence-electron chi connectivity index (χ0n) is 17.4. The lowest BCUT2D eigenvalue weighted by Gasteiger charge is -2.12. The van der Waals surface area contributed by atoms with Gasteiger partial charge in [-0.25, -0.2) is 4.79 Å². The van der Waals surface area contributed by atoms with E-state index in [0.29, 0.717) is 28.6 Å². The van der Waals surface area contributed by atoms with Crippen molar-refractivity contribution in [2.24, 2.45) is 0 Å². The summed E-state index contributed by atoms with van der Waals surface area (Å²) in [5, 5.41) is 12.3. The van der Waals surface area contributed by atoms with Gasteiger partial charge in [0.2, 0.25) is 0 Å². The Morgan fingerprint density at radius 1 is 1.33 bits per heavy atom. The number of carbonyl (C=O) groups excluding carboxylic acids is 2. The van der Waals surface area contributed by atoms with Crippen molar-refractivity contribution in [3.05, 3.63) is 62.4 Å². The standard InChI is InChI=1S/C22H23N3O4S/c1-5-16-9-19(30-15(16)4)22(27)29-12-20(26)24-21-18(10-23)13(2)14(3)25(21)11-17-7-6-8-28-17/h6-9H,5,11-12H2,1-4H3,(H,24,26). The summed E-state index contributed by atoms with van der Waals surface area (Å²) < 4.78 is 12.4. The van der Waals surface area contributed by atoms with Crippen LogP contribution in [0.15, 0.2) is 28.9 Å². The highest BCUT2D eigenvalue weighted by atomic mass is 32.1. The predicted octanol–water partition coefficient (Wildman–Crippen LogP) is 4.35. The first-order valence-electron chi connectivity index (χ1n) is 9.54. The van der Waals surface area contributed by atoms with Crippen LogP contribution in [0.25, 0.3) is 0 Å². The number of nitrogens with one attached hydrogen (secondary N) is 1. The molecule has 7 nitrogen and oxygen atoms in total. The molecule has 3 aromatic heterocycles. The summed E-state index contributed by atoms with van der Waals surface area (Å²) in [4.78, 5) is 26.3. The van der Waals surface area contributed by atoms with E-state index in [0.717, 1.165) is 28.1 Å². The van der Waals surface area contributed by atoms with Gasteiger partial charge in [0.05, 0.1) is 18.4 Å². The topological polar surface area (TPSA) is 97.3 Å². The first-order valence-corrected chi connectivity index (χ1v) is 10.4. The number of carbonyl (C=O) groups is 2. The maximum atomic E-state index is 12.5. The number of nitrogens with zero attached hydrogens (tertiary/aromatic N) is 2. The molecule has 1 amide bonds. The third kappa shape index (κ3) is 4.31. The van der Waals surface area contributed by atoms with Gasteiger partial charge in [-0.1, -0.05) is 6.92 Å². The van der Waals surface area contributed by atoms with Crippen LogP contribution in [0, 0.1) is 32.1 Å². The molecular formula is C22H23N3O4S. The van der Waals surface area contributed by atoms with Crippen LogP contribution in [0.2, 0.25) is 0 Å². The van der Waals surface area contributed by atoms with Gasteiger partial charge in [-0.3, -0.25) is 4.79 Å². The van der Waals surface area contributed by atoms with Crippen molar-refractivity contribution >= 4 is 29.0 Å². The van der Waals surface area contributed by atoms with Crippen molar-refractivity contribution in [2.45, 2.75) is 40.7 Å². The minimum atomic E-state index is -0.531. The summed E-state index contributed by atoms with van der Waals surface area (Å²) >= 11 is 1.35. The number of hydrogen-bond donors (Lipinski definition) is 1. The van der Waals surface area contributed by atoms with Crippen LogP contribution >= 0.6 is 11.3 Å². The van der Waals surface area contributed by atoms with Crippen molar-refractivity contribution in [2.75, 3.05) is 11.9 Å². The number of aryl methyl sites for hydroxylation is 2. The van der Waals surface area contributed by atoms with Crippen molar-refractivity contribution in [1.82, 2.24) is 4.57 Å². The number of hydrogen-bond acceptors (Lipinski definition) is 6. The van der Waals surface area contributed by atoms with Crippen LogP contribution in [0.1, 0.15) is 49.6 Å². The maximum Gasteiger partial charge on any atom is 0.348 e. The Labute approximate surface area is 178 Å². The second kappa shape index (κ2) is 9.01. The molecule has 0 atom stereocenters. The van der Waals surface area contributed by atoms with Gasteiger partial charge in [-0.2, -0.15) is 5.26 Å². The largest absolute Gasteiger partial charge is 0.467 e. The van der Waals surface area contributed by atoms with E-state index in [2.05, 4.69) is 11.4 Å². The summed E-state index contributed by atoms with van der Waals surface area (Å²) in [6.45, 7) is 7.60. The molecule has 0 saturated carbocycles. The van der Waals surface area contributed by atoms with E-state index in [-0.39, 0.29) is 0 Å². The number of rotatable bonds is 7. The average Bonchev–Trinajstić information content (AvgIpc) is 3.42. The fourth-order valence-corrected chi connectivity index (χ4v) is 4.24. The van der Waals surface area contributed by atoms with Gasteiger partial charge in [-0.05, 0) is 56.5 Å². The Hall–Kier alpha value is -3.31. The highest BCUT2D eigenvalue weighted by Gasteiger charge is 2.21. The van der Waals surface area contributed by atoms with Gasteiger partial charge in [0, 0.05) is 10.6 Å². The first-order chi connectivity index (χ1) is 14.3. The van der Waals surface area contributed by atoms with Gasteiger partial charge in [0.1, 0.15) is 22.5 Å². The number of furan rings is 1. The van der Waals surface area contributed by atoms with Crippen LogP contribution < -0.4 is 5.32 Å². The SMILES string of the molecule is CCc1cc(C(=O)OCC(=O)Nc2c(C#N)c(C)c(C)n2Cc2ccco2)sc1C. The third-order valence-electron chi connectivity index (χ3n) is 5.03. The molecule has 0 spiro atoms. The van der Waals surface area contributed by atoms with Gasteiger partial charge in [0.25, 0.3) is 5.91 Å². The summed E-state index contributed by atoms with van der Waals surface area (Å²) in [5.74, 6) is 0.0170. The van der Waals surface area contributed by atoms with Crippen LogP contribution in [0.5, 0.6) is 0 Å². The molecule has 0 aliphatic carbocycles. The van der Waals surface area contributed by atoms with Gasteiger partial charge >= 0.3 is 5.97 Å². The van der Waals surface area contributed by atoms with E-state index >= 15 is 0 Å². The van der Waals surface area contributed by atoms with Gasteiger partial charge in [-0.15, -0.1) is 11.3 Å². The number of amides is 1. The molecule has 3 rings (SSSR count). The Bertz CT molecular complexity index is 1120. The monoisotopic (exact) mass is 425 g/mol. The lowest BCUT2D eigenvalue weighted by Crippen LogP contribution is -2.23. The molecule has 0 saturated heterocycles. The Balaban J connectivity index is 1.73. The van der Waals surface area contributed by atoms with Crippen LogP contribution in [0.3, 0.4) is 0 Å². The van der Waals surface area contributed by atoms with E-state index in [1.807, 2.05) is 38.3 Å². The van der Waals surface area contributed by atoms with E-state index in [9.17, 15) is 14.9 Å². The Morgan fingerprint density at radius 2 is 2.10 bits per heavy atom. The molecule has 8 heteroatoms. The molecule has 0 aliphatic rings. The summed E-state index contributed by atoms with van der Waals surface area (Å²) in [6.07, 6.45) is 2.40. The quantitative estimate of drug-likeness (QED) is 0.568. The van der Waals surface area contributed by atoms with E-state index in [4.69, 9.17) is 9.15 Å². The number of nitriles is 1. The molecule has 0 aromatic carbocycles. The zero-order chi connectivity index (χ0) is 21.8. The molecule has 0 aliphatic heterocycles. The normalized spacial score (nSPS) is 10.6. The second-order valence-electron chi connectivity index (χ2n) is 6.88. The Kier molecular flexibility index (Phi) is 6.43. The highest BCUT2D eigenvalue weighted by molar-refractivity contribution is 7.14. The van der Waals surface area contributed by atoms with E-state index < -0.39 is 18.5 Å². The number of aromatic nitrogens is 1. The van der Waals surface area contributed by atoms with Crippen LogP contribution in [-0.2, 0) is 22.5 Å².